The van der Waals surface area contributed by atoms with Gasteiger partial charge in [0.25, 0.3) is 0 Å². The third kappa shape index (κ3) is 4.25. The van der Waals surface area contributed by atoms with Gasteiger partial charge in [0.15, 0.2) is 0 Å². The van der Waals surface area contributed by atoms with Crippen molar-refractivity contribution in [2.45, 2.75) is 39.0 Å². The van der Waals surface area contributed by atoms with Crippen molar-refractivity contribution in [1.29, 1.82) is 0 Å². The number of hydrogen-bond acceptors (Lipinski definition) is 4. The number of aromatic nitrogens is 3. The summed E-state index contributed by atoms with van der Waals surface area (Å²) in [7, 11) is 0. The molecule has 0 unspecified atom stereocenters. The van der Waals surface area contributed by atoms with Crippen molar-refractivity contribution in [1.82, 2.24) is 19.7 Å². The predicted molar refractivity (Wildman–Crippen MR) is 92.4 cm³/mol. The van der Waals surface area contributed by atoms with Gasteiger partial charge in [-0.2, -0.15) is 5.10 Å². The number of amides is 1. The quantitative estimate of drug-likeness (QED) is 0.809. The first-order chi connectivity index (χ1) is 12.3. The van der Waals surface area contributed by atoms with Crippen molar-refractivity contribution in [2.24, 2.45) is 11.8 Å². The van der Waals surface area contributed by atoms with Crippen LogP contribution in [0.1, 0.15) is 30.7 Å². The Balaban J connectivity index is 1.38. The first-order valence-corrected chi connectivity index (χ1v) is 9.04. The lowest BCUT2D eigenvalue weighted by Crippen LogP contribution is -2.35. The van der Waals surface area contributed by atoms with E-state index in [0.29, 0.717) is 32.1 Å². The summed E-state index contributed by atoms with van der Waals surface area (Å²) in [6.45, 7) is 3.28. The number of rotatable bonds is 6. The van der Waals surface area contributed by atoms with Gasteiger partial charge in [-0.25, -0.2) is 0 Å². The molecule has 1 saturated carbocycles. The van der Waals surface area contributed by atoms with Gasteiger partial charge in [0.05, 0.1) is 31.1 Å². The molecular formula is C19H24N4O2. The Hall–Kier alpha value is -2.21. The first-order valence-electron chi connectivity index (χ1n) is 9.04. The maximum Gasteiger partial charge on any atom is 0.223 e. The molecule has 2 aromatic rings. The number of carbonyl (C=O) groups excluding carboxylic acids is 1. The molecule has 0 aromatic carbocycles. The fraction of sp³-hybridized carbons (Fsp3) is 0.526. The Bertz CT molecular complexity index is 711. The minimum atomic E-state index is 0.244. The SMILES string of the molecule is O=C(CC1CC1)N1Cc2ccnn2C[C@@H](COCc2ccccn2)C1. The Morgan fingerprint density at radius 1 is 1.16 bits per heavy atom. The highest BCUT2D eigenvalue weighted by molar-refractivity contribution is 5.76. The first kappa shape index (κ1) is 16.3. The minimum Gasteiger partial charge on any atom is -0.375 e. The molecule has 25 heavy (non-hydrogen) atoms. The summed E-state index contributed by atoms with van der Waals surface area (Å²) < 4.78 is 7.90. The van der Waals surface area contributed by atoms with Gasteiger partial charge in [-0.05, 0) is 37.0 Å². The van der Waals surface area contributed by atoms with Crippen molar-refractivity contribution >= 4 is 5.91 Å². The Kier molecular flexibility index (Phi) is 4.78. The summed E-state index contributed by atoms with van der Waals surface area (Å²) >= 11 is 0. The van der Waals surface area contributed by atoms with Crippen molar-refractivity contribution in [3.05, 3.63) is 48.0 Å². The van der Waals surface area contributed by atoms with Gasteiger partial charge in [-0.15, -0.1) is 0 Å². The molecule has 6 nitrogen and oxygen atoms in total. The zero-order valence-corrected chi connectivity index (χ0v) is 14.4. The van der Waals surface area contributed by atoms with Crippen LogP contribution in [0, 0.1) is 11.8 Å². The molecule has 6 heteroatoms. The highest BCUT2D eigenvalue weighted by atomic mass is 16.5. The van der Waals surface area contributed by atoms with E-state index < -0.39 is 0 Å². The van der Waals surface area contributed by atoms with Crippen LogP contribution in [0.5, 0.6) is 0 Å². The Morgan fingerprint density at radius 3 is 2.88 bits per heavy atom. The maximum absolute atomic E-state index is 12.6. The van der Waals surface area contributed by atoms with Crippen LogP contribution in [0.3, 0.4) is 0 Å². The molecule has 1 aliphatic carbocycles. The molecule has 1 fully saturated rings. The van der Waals surface area contributed by atoms with Gasteiger partial charge in [-0.1, -0.05) is 6.07 Å². The summed E-state index contributed by atoms with van der Waals surface area (Å²) in [5.74, 6) is 1.12. The second-order valence-corrected chi connectivity index (χ2v) is 7.13. The van der Waals surface area contributed by atoms with Crippen LogP contribution in [-0.2, 0) is 29.2 Å². The van der Waals surface area contributed by atoms with Gasteiger partial charge >= 0.3 is 0 Å². The fourth-order valence-corrected chi connectivity index (χ4v) is 3.34. The predicted octanol–water partition coefficient (Wildman–Crippen LogP) is 2.25. The van der Waals surface area contributed by atoms with E-state index in [9.17, 15) is 4.79 Å². The van der Waals surface area contributed by atoms with E-state index in [1.165, 1.54) is 12.8 Å². The number of ether oxygens (including phenoxy) is 1. The van der Waals surface area contributed by atoms with Gasteiger partial charge in [0, 0.05) is 37.8 Å². The van der Waals surface area contributed by atoms with Crippen LogP contribution in [0.25, 0.3) is 0 Å². The molecule has 2 aliphatic rings. The van der Waals surface area contributed by atoms with Crippen molar-refractivity contribution in [3.63, 3.8) is 0 Å². The van der Waals surface area contributed by atoms with E-state index in [2.05, 4.69) is 10.1 Å². The van der Waals surface area contributed by atoms with Crippen LogP contribution in [0.15, 0.2) is 36.7 Å². The molecule has 4 rings (SSSR count). The summed E-state index contributed by atoms with van der Waals surface area (Å²) in [6, 6.07) is 7.84. The molecule has 132 valence electrons. The molecular weight excluding hydrogens is 316 g/mol. The Morgan fingerprint density at radius 2 is 2.08 bits per heavy atom. The largest absolute Gasteiger partial charge is 0.375 e. The number of pyridine rings is 1. The zero-order chi connectivity index (χ0) is 17.1. The van der Waals surface area contributed by atoms with Gasteiger partial charge in [0.1, 0.15) is 0 Å². The Labute approximate surface area is 147 Å². The lowest BCUT2D eigenvalue weighted by molar-refractivity contribution is -0.133. The third-order valence-electron chi connectivity index (χ3n) is 4.91. The van der Waals surface area contributed by atoms with E-state index >= 15 is 0 Å². The molecule has 2 aromatic heterocycles. The molecule has 3 heterocycles. The molecule has 1 amide bonds. The summed E-state index contributed by atoms with van der Waals surface area (Å²) in [4.78, 5) is 18.9. The smallest absolute Gasteiger partial charge is 0.223 e. The fourth-order valence-electron chi connectivity index (χ4n) is 3.34. The zero-order valence-electron chi connectivity index (χ0n) is 14.4. The van der Waals surface area contributed by atoms with Crippen LogP contribution in [0.4, 0.5) is 0 Å². The van der Waals surface area contributed by atoms with Gasteiger partial charge in [0.2, 0.25) is 5.91 Å². The molecule has 0 saturated heterocycles. The second kappa shape index (κ2) is 7.35. The number of nitrogens with zero attached hydrogens (tertiary/aromatic N) is 4. The lowest BCUT2D eigenvalue weighted by atomic mass is 10.1. The highest BCUT2D eigenvalue weighted by Gasteiger charge is 2.30. The van der Waals surface area contributed by atoms with Crippen molar-refractivity contribution in [2.75, 3.05) is 13.2 Å². The summed E-state index contributed by atoms with van der Waals surface area (Å²) in [6.07, 6.45) is 6.69. The van der Waals surface area contributed by atoms with Gasteiger partial charge < -0.3 is 9.64 Å². The van der Waals surface area contributed by atoms with Crippen molar-refractivity contribution in [3.8, 4) is 0 Å². The summed E-state index contributed by atoms with van der Waals surface area (Å²) in [5, 5.41) is 4.41. The molecule has 0 bridgehead atoms. The van der Waals surface area contributed by atoms with Crippen LogP contribution in [-0.4, -0.2) is 38.7 Å². The maximum atomic E-state index is 12.6. The standard InChI is InChI=1S/C19H24N4O2/c24-19(9-15-4-5-15)22-10-16(11-23-18(12-22)6-8-21-23)13-25-14-17-3-1-2-7-20-17/h1-3,6-8,15-16H,4-5,9-14H2/t16-/m0/s1. The molecule has 1 aliphatic heterocycles. The van der Waals surface area contributed by atoms with Crippen LogP contribution in [0.2, 0.25) is 0 Å². The topological polar surface area (TPSA) is 60.2 Å². The van der Waals surface area contributed by atoms with E-state index in [0.717, 1.165) is 24.5 Å². The average Bonchev–Trinajstić information content (AvgIpc) is 3.37. The minimum absolute atomic E-state index is 0.244. The normalized spacial score (nSPS) is 20.2. The highest BCUT2D eigenvalue weighted by Crippen LogP contribution is 2.33. The third-order valence-corrected chi connectivity index (χ3v) is 4.91. The number of fused-ring (bicyclic) bond motifs is 1. The molecule has 0 spiro atoms. The van der Waals surface area contributed by atoms with Gasteiger partial charge in [-0.3, -0.25) is 14.5 Å². The lowest BCUT2D eigenvalue weighted by Gasteiger charge is -2.24. The van der Waals surface area contributed by atoms with Crippen molar-refractivity contribution < 1.29 is 9.53 Å². The van der Waals surface area contributed by atoms with Crippen LogP contribution < -0.4 is 0 Å². The van der Waals surface area contributed by atoms with E-state index in [-0.39, 0.29) is 11.8 Å². The molecule has 0 radical (unpaired) electrons. The molecule has 0 N–H and O–H groups in total. The monoisotopic (exact) mass is 340 g/mol. The molecule has 1 atom stereocenters. The van der Waals surface area contributed by atoms with E-state index in [4.69, 9.17) is 4.74 Å². The van der Waals surface area contributed by atoms with E-state index in [1.54, 1.807) is 6.20 Å². The number of hydrogen-bond donors (Lipinski definition) is 0. The van der Waals surface area contributed by atoms with Crippen LogP contribution >= 0.6 is 0 Å². The summed E-state index contributed by atoms with van der Waals surface area (Å²) in [5.41, 5.74) is 2.04. The average molecular weight is 340 g/mol. The van der Waals surface area contributed by atoms with E-state index in [1.807, 2.05) is 40.0 Å². The second-order valence-electron chi connectivity index (χ2n) is 7.13. The number of carbonyl (C=O) groups is 1.